The van der Waals surface area contributed by atoms with Crippen molar-refractivity contribution in [1.82, 2.24) is 10.5 Å². The number of amides is 1. The summed E-state index contributed by atoms with van der Waals surface area (Å²) in [5.74, 6) is -1.60. The summed E-state index contributed by atoms with van der Waals surface area (Å²) >= 11 is 6.21. The van der Waals surface area contributed by atoms with E-state index in [4.69, 9.17) is 16.1 Å². The van der Waals surface area contributed by atoms with Crippen LogP contribution in [0.3, 0.4) is 0 Å². The van der Waals surface area contributed by atoms with Crippen LogP contribution in [0.15, 0.2) is 53.1 Å². The topological polar surface area (TPSA) is 136 Å². The number of nitrogens with zero attached hydrogens (tertiary/aromatic N) is 2. The zero-order valence-electron chi connectivity index (χ0n) is 15.7. The number of nitro groups is 1. The molecule has 0 saturated heterocycles. The van der Waals surface area contributed by atoms with Crippen molar-refractivity contribution in [1.29, 1.82) is 0 Å². The van der Waals surface area contributed by atoms with E-state index in [0.717, 1.165) is 0 Å². The first kappa shape index (κ1) is 21.0. The Balaban J connectivity index is 1.97. The van der Waals surface area contributed by atoms with Gasteiger partial charge in [0.1, 0.15) is 17.0 Å². The molecule has 3 aromatic rings. The Kier molecular flexibility index (Phi) is 6.12. The maximum Gasteiger partial charge on any atom is 0.305 e. The third-order valence-electron chi connectivity index (χ3n) is 4.39. The molecule has 0 aliphatic rings. The molecule has 1 amide bonds. The molecule has 30 heavy (non-hydrogen) atoms. The van der Waals surface area contributed by atoms with Gasteiger partial charge in [0.05, 0.1) is 22.4 Å². The number of aromatic nitrogens is 1. The van der Waals surface area contributed by atoms with E-state index in [2.05, 4.69) is 10.5 Å². The van der Waals surface area contributed by atoms with Crippen molar-refractivity contribution in [3.63, 3.8) is 0 Å². The fourth-order valence-corrected chi connectivity index (χ4v) is 3.21. The largest absolute Gasteiger partial charge is 0.481 e. The summed E-state index contributed by atoms with van der Waals surface area (Å²) in [6.07, 6.45) is -0.474. The summed E-state index contributed by atoms with van der Waals surface area (Å²) in [7, 11) is 0. The van der Waals surface area contributed by atoms with Gasteiger partial charge >= 0.3 is 5.97 Å². The number of nitrogens with one attached hydrogen (secondary N) is 1. The van der Waals surface area contributed by atoms with E-state index in [-0.39, 0.29) is 28.3 Å². The van der Waals surface area contributed by atoms with Gasteiger partial charge in [0, 0.05) is 17.7 Å². The Hall–Kier alpha value is -3.72. The lowest BCUT2D eigenvalue weighted by atomic mass is 10.0. The number of carboxylic acids is 1. The normalized spacial score (nSPS) is 11.7. The first-order chi connectivity index (χ1) is 14.3. The predicted octanol–water partition coefficient (Wildman–Crippen LogP) is 4.16. The summed E-state index contributed by atoms with van der Waals surface area (Å²) < 4.78 is 5.17. The zero-order valence-corrected chi connectivity index (χ0v) is 16.4. The lowest BCUT2D eigenvalue weighted by molar-refractivity contribution is -0.384. The minimum atomic E-state index is -1.18. The first-order valence-corrected chi connectivity index (χ1v) is 9.14. The Morgan fingerprint density at radius 3 is 2.67 bits per heavy atom. The van der Waals surface area contributed by atoms with Gasteiger partial charge in [-0.15, -0.1) is 0 Å². The molecule has 2 N–H and O–H groups in total. The Morgan fingerprint density at radius 1 is 1.27 bits per heavy atom. The molecule has 1 atom stereocenters. The van der Waals surface area contributed by atoms with Gasteiger partial charge < -0.3 is 14.9 Å². The number of carboxylic acid groups (broad SMARTS) is 1. The van der Waals surface area contributed by atoms with Crippen LogP contribution in [0.25, 0.3) is 11.3 Å². The van der Waals surface area contributed by atoms with Crippen molar-refractivity contribution in [2.24, 2.45) is 0 Å². The van der Waals surface area contributed by atoms with Gasteiger partial charge in [-0.1, -0.05) is 47.1 Å². The third kappa shape index (κ3) is 4.47. The molecule has 0 spiro atoms. The highest BCUT2D eigenvalue weighted by Crippen LogP contribution is 2.31. The van der Waals surface area contributed by atoms with Crippen molar-refractivity contribution in [3.8, 4) is 11.3 Å². The monoisotopic (exact) mass is 429 g/mol. The van der Waals surface area contributed by atoms with Crippen LogP contribution in [0.5, 0.6) is 0 Å². The van der Waals surface area contributed by atoms with Crippen LogP contribution < -0.4 is 5.32 Å². The van der Waals surface area contributed by atoms with Crippen LogP contribution in [0, 0.1) is 17.0 Å². The van der Waals surface area contributed by atoms with E-state index in [1.807, 2.05) is 0 Å². The maximum absolute atomic E-state index is 13.0. The van der Waals surface area contributed by atoms with E-state index in [1.54, 1.807) is 31.2 Å². The Bertz CT molecular complexity index is 1130. The van der Waals surface area contributed by atoms with Crippen LogP contribution in [0.1, 0.15) is 34.1 Å². The number of nitro benzene ring substituents is 1. The van der Waals surface area contributed by atoms with Gasteiger partial charge in [-0.2, -0.15) is 0 Å². The second kappa shape index (κ2) is 8.75. The SMILES string of the molecule is Cc1onc(-c2ccccc2Cl)c1C(=O)NC(CC(=O)O)c1cccc([N+](=O)[O-])c1. The number of benzene rings is 2. The Morgan fingerprint density at radius 2 is 2.00 bits per heavy atom. The van der Waals surface area contributed by atoms with E-state index in [0.29, 0.717) is 10.6 Å². The van der Waals surface area contributed by atoms with E-state index >= 15 is 0 Å². The number of carbonyl (C=O) groups is 2. The van der Waals surface area contributed by atoms with Gasteiger partial charge in [-0.05, 0) is 18.6 Å². The molecule has 0 aliphatic carbocycles. The lowest BCUT2D eigenvalue weighted by Gasteiger charge is -2.17. The van der Waals surface area contributed by atoms with Crippen molar-refractivity contribution in [3.05, 3.63) is 80.6 Å². The van der Waals surface area contributed by atoms with Crippen molar-refractivity contribution in [2.75, 3.05) is 0 Å². The highest BCUT2D eigenvalue weighted by atomic mass is 35.5. The first-order valence-electron chi connectivity index (χ1n) is 8.76. The van der Waals surface area contributed by atoms with Crippen LogP contribution >= 0.6 is 11.6 Å². The average Bonchev–Trinajstić information content (AvgIpc) is 3.09. The number of hydrogen-bond acceptors (Lipinski definition) is 6. The summed E-state index contributed by atoms with van der Waals surface area (Å²) in [6.45, 7) is 1.54. The van der Waals surface area contributed by atoms with Gasteiger partial charge in [0.25, 0.3) is 11.6 Å². The van der Waals surface area contributed by atoms with E-state index in [9.17, 15) is 24.8 Å². The molecule has 0 radical (unpaired) electrons. The highest BCUT2D eigenvalue weighted by Gasteiger charge is 2.27. The fraction of sp³-hybridized carbons (Fsp3) is 0.150. The highest BCUT2D eigenvalue weighted by molar-refractivity contribution is 6.33. The van der Waals surface area contributed by atoms with Gasteiger partial charge in [-0.3, -0.25) is 19.7 Å². The lowest BCUT2D eigenvalue weighted by Crippen LogP contribution is -2.30. The molecular weight excluding hydrogens is 414 g/mol. The number of rotatable bonds is 7. The third-order valence-corrected chi connectivity index (χ3v) is 4.72. The molecule has 2 aromatic carbocycles. The molecule has 1 unspecified atom stereocenters. The maximum atomic E-state index is 13.0. The second-order valence-corrected chi connectivity index (χ2v) is 6.83. The predicted molar refractivity (Wildman–Crippen MR) is 107 cm³/mol. The van der Waals surface area contributed by atoms with Crippen LogP contribution in [-0.4, -0.2) is 27.1 Å². The standard InChI is InChI=1S/C20H16ClN3O6/c1-11-18(19(23-30-11)14-7-2-3-8-15(14)21)20(27)22-16(10-17(25)26)12-5-4-6-13(9-12)24(28)29/h2-9,16H,10H2,1H3,(H,22,27)(H,25,26). The second-order valence-electron chi connectivity index (χ2n) is 6.42. The molecule has 9 nitrogen and oxygen atoms in total. The minimum Gasteiger partial charge on any atom is -0.481 e. The molecule has 1 aromatic heterocycles. The van der Waals surface area contributed by atoms with Crippen molar-refractivity contribution >= 4 is 29.2 Å². The smallest absolute Gasteiger partial charge is 0.305 e. The molecule has 154 valence electrons. The molecule has 0 fully saturated rings. The number of halogens is 1. The van der Waals surface area contributed by atoms with Crippen LogP contribution in [0.4, 0.5) is 5.69 Å². The number of aryl methyl sites for hydroxylation is 1. The van der Waals surface area contributed by atoms with Crippen LogP contribution in [0.2, 0.25) is 5.02 Å². The molecule has 0 aliphatic heterocycles. The van der Waals surface area contributed by atoms with Gasteiger partial charge in [0.15, 0.2) is 0 Å². The number of non-ortho nitro benzene ring substituents is 1. The van der Waals surface area contributed by atoms with Crippen molar-refractivity contribution in [2.45, 2.75) is 19.4 Å². The molecule has 0 bridgehead atoms. The number of hydrogen-bond donors (Lipinski definition) is 2. The summed E-state index contributed by atoms with van der Waals surface area (Å²) in [4.78, 5) is 34.8. The van der Waals surface area contributed by atoms with E-state index < -0.39 is 29.3 Å². The molecule has 10 heteroatoms. The summed E-state index contributed by atoms with van der Waals surface area (Å²) in [5, 5.41) is 27.2. The van der Waals surface area contributed by atoms with Gasteiger partial charge in [0.2, 0.25) is 0 Å². The molecule has 1 heterocycles. The van der Waals surface area contributed by atoms with Gasteiger partial charge in [-0.25, -0.2) is 0 Å². The van der Waals surface area contributed by atoms with E-state index in [1.165, 1.54) is 24.3 Å². The Labute approximate surface area is 175 Å². The summed E-state index contributed by atoms with van der Waals surface area (Å²) in [6, 6.07) is 11.2. The molecular formula is C20H16ClN3O6. The zero-order chi connectivity index (χ0) is 21.8. The fourth-order valence-electron chi connectivity index (χ4n) is 2.99. The molecule has 0 saturated carbocycles. The number of carbonyl (C=O) groups excluding carboxylic acids is 1. The molecule has 3 rings (SSSR count). The van der Waals surface area contributed by atoms with Crippen molar-refractivity contribution < 1.29 is 24.1 Å². The minimum absolute atomic E-state index is 0.101. The quantitative estimate of drug-likeness (QED) is 0.425. The number of aliphatic carboxylic acids is 1. The summed E-state index contributed by atoms with van der Waals surface area (Å²) in [5.41, 5.74) is 0.863. The van der Waals surface area contributed by atoms with Crippen LogP contribution in [-0.2, 0) is 4.79 Å². The average molecular weight is 430 g/mol.